The van der Waals surface area contributed by atoms with E-state index in [9.17, 15) is 4.21 Å². The van der Waals surface area contributed by atoms with E-state index in [1.54, 1.807) is 11.3 Å². The van der Waals surface area contributed by atoms with Crippen LogP contribution in [0.15, 0.2) is 28.9 Å². The van der Waals surface area contributed by atoms with Crippen LogP contribution < -0.4 is 0 Å². The second kappa shape index (κ2) is 6.08. The molecule has 0 radical (unpaired) electrons. The van der Waals surface area contributed by atoms with Gasteiger partial charge in [0.1, 0.15) is 0 Å². The van der Waals surface area contributed by atoms with Crippen molar-refractivity contribution in [2.75, 3.05) is 0 Å². The monoisotopic (exact) mass is 343 g/mol. The number of hydrogen-bond donors (Lipinski definition) is 0. The van der Waals surface area contributed by atoms with Crippen molar-refractivity contribution in [3.8, 4) is 0 Å². The van der Waals surface area contributed by atoms with E-state index < -0.39 is 10.8 Å². The molecule has 18 heavy (non-hydrogen) atoms. The minimum atomic E-state index is -0.878. The Balaban J connectivity index is 2.05. The van der Waals surface area contributed by atoms with Crippen molar-refractivity contribution in [1.29, 1.82) is 0 Å². The van der Waals surface area contributed by atoms with Crippen LogP contribution in [0.4, 0.5) is 0 Å². The van der Waals surface area contributed by atoms with Gasteiger partial charge in [0, 0.05) is 32.1 Å². The molecule has 0 amide bonds. The summed E-state index contributed by atoms with van der Waals surface area (Å²) in [5, 5.41) is 1.03. The van der Waals surface area contributed by atoms with Gasteiger partial charge in [0.15, 0.2) is 0 Å². The molecule has 2 rings (SSSR count). The number of hydrogen-bond acceptors (Lipinski definition) is 3. The van der Waals surface area contributed by atoms with Crippen molar-refractivity contribution >= 4 is 38.1 Å². The highest BCUT2D eigenvalue weighted by Crippen LogP contribution is 2.22. The van der Waals surface area contributed by atoms with E-state index in [2.05, 4.69) is 20.9 Å². The average Bonchev–Trinajstić information content (AvgIpc) is 2.70. The van der Waals surface area contributed by atoms with Gasteiger partial charge in [0.2, 0.25) is 0 Å². The van der Waals surface area contributed by atoms with Crippen molar-refractivity contribution in [1.82, 2.24) is 4.98 Å². The number of rotatable bonds is 4. The van der Waals surface area contributed by atoms with Gasteiger partial charge >= 0.3 is 0 Å². The summed E-state index contributed by atoms with van der Waals surface area (Å²) in [6.45, 7) is 4.02. The molecule has 0 fully saturated rings. The van der Waals surface area contributed by atoms with Crippen LogP contribution in [0, 0.1) is 13.8 Å². The normalized spacial score (nSPS) is 12.6. The summed E-state index contributed by atoms with van der Waals surface area (Å²) in [5.41, 5.74) is 2.32. The van der Waals surface area contributed by atoms with Gasteiger partial charge in [-0.1, -0.05) is 28.1 Å². The molecule has 1 atom stereocenters. The molecule has 0 bridgehead atoms. The lowest BCUT2D eigenvalue weighted by Crippen LogP contribution is -2.00. The fraction of sp³-hybridized carbons (Fsp3) is 0.308. The number of aromatic nitrogens is 1. The third kappa shape index (κ3) is 3.49. The zero-order chi connectivity index (χ0) is 13.1. The van der Waals surface area contributed by atoms with Gasteiger partial charge in [0.25, 0.3) is 0 Å². The maximum atomic E-state index is 12.1. The fourth-order valence-electron chi connectivity index (χ4n) is 1.66. The van der Waals surface area contributed by atoms with Crippen molar-refractivity contribution < 1.29 is 4.21 Å². The third-order valence-corrected chi connectivity index (χ3v) is 5.89. The van der Waals surface area contributed by atoms with Gasteiger partial charge in [-0.2, -0.15) is 0 Å². The van der Waals surface area contributed by atoms with E-state index >= 15 is 0 Å². The lowest BCUT2D eigenvalue weighted by molar-refractivity contribution is 0.682. The van der Waals surface area contributed by atoms with Crippen LogP contribution in [0.1, 0.15) is 21.0 Å². The van der Waals surface area contributed by atoms with Crippen molar-refractivity contribution in [3.05, 3.63) is 49.9 Å². The highest BCUT2D eigenvalue weighted by molar-refractivity contribution is 9.10. The zero-order valence-corrected chi connectivity index (χ0v) is 13.5. The van der Waals surface area contributed by atoms with Crippen LogP contribution in [0.5, 0.6) is 0 Å². The van der Waals surface area contributed by atoms with E-state index in [0.717, 1.165) is 19.9 Å². The van der Waals surface area contributed by atoms with Gasteiger partial charge in [0.05, 0.1) is 10.8 Å². The molecule has 2 aromatic rings. The Kier molecular flexibility index (Phi) is 4.70. The quantitative estimate of drug-likeness (QED) is 0.840. The Morgan fingerprint density at radius 1 is 1.33 bits per heavy atom. The Morgan fingerprint density at radius 3 is 2.78 bits per heavy atom. The highest BCUT2D eigenvalue weighted by Gasteiger charge is 2.09. The van der Waals surface area contributed by atoms with Crippen molar-refractivity contribution in [2.24, 2.45) is 0 Å². The van der Waals surface area contributed by atoms with Crippen molar-refractivity contribution in [2.45, 2.75) is 25.4 Å². The molecule has 0 unspecified atom stereocenters. The molecule has 0 aliphatic heterocycles. The first-order valence-corrected chi connectivity index (χ1v) is 8.66. The molecular formula is C13H14BrNOS2. The number of thiazole rings is 1. The molecule has 0 saturated heterocycles. The van der Waals surface area contributed by atoms with Gasteiger partial charge < -0.3 is 0 Å². The summed E-state index contributed by atoms with van der Waals surface area (Å²) in [4.78, 5) is 5.28. The number of halogens is 1. The summed E-state index contributed by atoms with van der Waals surface area (Å²) in [6.07, 6.45) is 1.83. The minimum Gasteiger partial charge on any atom is -0.259 e. The standard InChI is InChI=1S/C13H14BrNOS2/c1-9-11(4-3-5-13(9)14)7-18(16)8-12-6-15-10(2)17-12/h3-6H,7-8H2,1-2H3/t18-/m1/s1. The Bertz CT molecular complexity index is 580. The van der Waals surface area contributed by atoms with E-state index in [4.69, 9.17) is 0 Å². The van der Waals surface area contributed by atoms with Crippen LogP contribution >= 0.6 is 27.3 Å². The van der Waals surface area contributed by atoms with Gasteiger partial charge in [-0.15, -0.1) is 11.3 Å². The molecule has 0 spiro atoms. The fourth-order valence-corrected chi connectivity index (χ4v) is 4.44. The van der Waals surface area contributed by atoms with Crippen LogP contribution in [0.3, 0.4) is 0 Å². The lowest BCUT2D eigenvalue weighted by atomic mass is 10.1. The van der Waals surface area contributed by atoms with Crippen LogP contribution in [0.25, 0.3) is 0 Å². The zero-order valence-electron chi connectivity index (χ0n) is 10.3. The summed E-state index contributed by atoms with van der Waals surface area (Å²) in [5.74, 6) is 1.19. The molecule has 2 nitrogen and oxygen atoms in total. The Labute approximate surface area is 122 Å². The molecule has 1 aromatic heterocycles. The topological polar surface area (TPSA) is 30.0 Å². The maximum Gasteiger partial charge on any atom is 0.0897 e. The van der Waals surface area contributed by atoms with E-state index in [1.807, 2.05) is 38.2 Å². The van der Waals surface area contributed by atoms with Gasteiger partial charge in [-0.3, -0.25) is 4.21 Å². The second-order valence-corrected chi connectivity index (χ2v) is 7.73. The molecule has 1 aromatic carbocycles. The molecule has 1 heterocycles. The summed E-state index contributed by atoms with van der Waals surface area (Å²) in [6, 6.07) is 6.03. The first kappa shape index (κ1) is 13.9. The largest absolute Gasteiger partial charge is 0.259 e. The lowest BCUT2D eigenvalue weighted by Gasteiger charge is -2.06. The number of benzene rings is 1. The SMILES string of the molecule is Cc1ncc(C[S@](=O)Cc2cccc(Br)c2C)s1. The van der Waals surface area contributed by atoms with E-state index in [-0.39, 0.29) is 0 Å². The Morgan fingerprint density at radius 2 is 2.11 bits per heavy atom. The third-order valence-electron chi connectivity index (χ3n) is 2.67. The predicted octanol–water partition coefficient (Wildman–Crippen LogP) is 3.97. The molecular weight excluding hydrogens is 330 g/mol. The first-order valence-electron chi connectivity index (χ1n) is 5.56. The minimum absolute atomic E-state index is 0.595. The summed E-state index contributed by atoms with van der Waals surface area (Å²) >= 11 is 5.12. The van der Waals surface area contributed by atoms with E-state index in [1.165, 1.54) is 5.56 Å². The van der Waals surface area contributed by atoms with Gasteiger partial charge in [-0.05, 0) is 31.0 Å². The first-order chi connectivity index (χ1) is 8.56. The summed E-state index contributed by atoms with van der Waals surface area (Å²) in [7, 11) is -0.878. The van der Waals surface area contributed by atoms with Crippen LogP contribution in [-0.4, -0.2) is 9.19 Å². The Hall–Kier alpha value is -0.520. The molecule has 0 saturated carbocycles. The highest BCUT2D eigenvalue weighted by atomic mass is 79.9. The molecule has 0 N–H and O–H groups in total. The molecule has 0 aliphatic rings. The maximum absolute atomic E-state index is 12.1. The second-order valence-electron chi connectivity index (χ2n) is 4.10. The van der Waals surface area contributed by atoms with Crippen LogP contribution in [-0.2, 0) is 22.3 Å². The van der Waals surface area contributed by atoms with Crippen molar-refractivity contribution in [3.63, 3.8) is 0 Å². The summed E-state index contributed by atoms with van der Waals surface area (Å²) < 4.78 is 13.2. The molecule has 96 valence electrons. The van der Waals surface area contributed by atoms with Gasteiger partial charge in [-0.25, -0.2) is 4.98 Å². The number of aryl methyl sites for hydroxylation is 1. The molecule has 5 heteroatoms. The predicted molar refractivity (Wildman–Crippen MR) is 81.3 cm³/mol. The molecule has 0 aliphatic carbocycles. The average molecular weight is 344 g/mol. The van der Waals surface area contributed by atoms with E-state index in [0.29, 0.717) is 11.5 Å². The van der Waals surface area contributed by atoms with Crippen LogP contribution in [0.2, 0.25) is 0 Å². The smallest absolute Gasteiger partial charge is 0.0897 e. The number of nitrogens with zero attached hydrogens (tertiary/aromatic N) is 1.